The van der Waals surface area contributed by atoms with E-state index in [0.717, 1.165) is 25.8 Å². The summed E-state index contributed by atoms with van der Waals surface area (Å²) in [5, 5.41) is 3.41. The number of hydrogen-bond donors (Lipinski definition) is 1. The largest absolute Gasteiger partial charge is 0.468 e. The van der Waals surface area contributed by atoms with Gasteiger partial charge in [0.25, 0.3) is 0 Å². The third kappa shape index (κ3) is 2.95. The minimum absolute atomic E-state index is 0.114. The molecule has 1 aliphatic rings. The number of esters is 1. The first kappa shape index (κ1) is 13.5. The monoisotopic (exact) mass is 228 g/mol. The van der Waals surface area contributed by atoms with Gasteiger partial charge in [0, 0.05) is 6.54 Å². The fraction of sp³-hybridized carbons (Fsp3) is 0.917. The molecule has 1 unspecified atom stereocenters. The second-order valence-electron chi connectivity index (χ2n) is 4.90. The van der Waals surface area contributed by atoms with Crippen molar-refractivity contribution in [2.45, 2.75) is 31.7 Å². The molecule has 1 fully saturated rings. The predicted octanol–water partition coefficient (Wildman–Crippen LogP) is 0.869. The fourth-order valence-electron chi connectivity index (χ4n) is 2.24. The van der Waals surface area contributed by atoms with E-state index in [1.165, 1.54) is 7.11 Å². The van der Waals surface area contributed by atoms with Crippen LogP contribution in [-0.4, -0.2) is 50.7 Å². The van der Waals surface area contributed by atoms with Crippen molar-refractivity contribution in [2.24, 2.45) is 5.92 Å². The van der Waals surface area contributed by atoms with Gasteiger partial charge in [-0.25, -0.2) is 4.79 Å². The molecule has 0 aromatic heterocycles. The molecule has 0 radical (unpaired) electrons. The van der Waals surface area contributed by atoms with Crippen LogP contribution in [0.15, 0.2) is 0 Å². The lowest BCUT2D eigenvalue weighted by Gasteiger charge is -2.34. The quantitative estimate of drug-likeness (QED) is 0.657. The van der Waals surface area contributed by atoms with Crippen LogP contribution in [0.2, 0.25) is 0 Å². The Hall–Kier alpha value is -0.610. The van der Waals surface area contributed by atoms with Crippen LogP contribution in [0.5, 0.6) is 0 Å². The van der Waals surface area contributed by atoms with Crippen LogP contribution in [0.4, 0.5) is 0 Å². The number of hydrogen-bond acceptors (Lipinski definition) is 4. The molecule has 0 heterocycles. The van der Waals surface area contributed by atoms with Gasteiger partial charge in [0.2, 0.25) is 0 Å². The van der Waals surface area contributed by atoms with Gasteiger partial charge in [0.1, 0.15) is 5.54 Å². The second-order valence-corrected chi connectivity index (χ2v) is 4.90. The molecule has 0 amide bonds. The highest BCUT2D eigenvalue weighted by atomic mass is 16.5. The standard InChI is InChI=1S/C12H24N2O2/c1-5-8-13-12(9-14(2)3,10-6-7-10)11(15)16-4/h10,13H,5-9H2,1-4H3. The number of carbonyl (C=O) groups is 1. The molecule has 1 saturated carbocycles. The molecule has 4 nitrogen and oxygen atoms in total. The summed E-state index contributed by atoms with van der Waals surface area (Å²) in [6.07, 6.45) is 3.28. The van der Waals surface area contributed by atoms with Gasteiger partial charge in [0.15, 0.2) is 0 Å². The predicted molar refractivity (Wildman–Crippen MR) is 64.3 cm³/mol. The lowest BCUT2D eigenvalue weighted by atomic mass is 9.92. The Labute approximate surface area is 98.3 Å². The van der Waals surface area contributed by atoms with Crippen molar-refractivity contribution in [2.75, 3.05) is 34.3 Å². The summed E-state index contributed by atoms with van der Waals surface area (Å²) in [5.74, 6) is 0.325. The molecule has 16 heavy (non-hydrogen) atoms. The number of carbonyl (C=O) groups excluding carboxylic acids is 1. The van der Waals surface area contributed by atoms with Gasteiger partial charge in [-0.05, 0) is 45.8 Å². The van der Waals surface area contributed by atoms with Gasteiger partial charge in [-0.2, -0.15) is 0 Å². The van der Waals surface area contributed by atoms with E-state index in [9.17, 15) is 4.79 Å². The Kier molecular flexibility index (Phi) is 4.74. The van der Waals surface area contributed by atoms with E-state index < -0.39 is 5.54 Å². The smallest absolute Gasteiger partial charge is 0.327 e. The summed E-state index contributed by atoms with van der Waals surface area (Å²) in [6.45, 7) is 3.68. The van der Waals surface area contributed by atoms with Crippen molar-refractivity contribution in [3.63, 3.8) is 0 Å². The second kappa shape index (κ2) is 5.64. The molecule has 4 heteroatoms. The molecule has 1 aliphatic carbocycles. The molecule has 1 N–H and O–H groups in total. The van der Waals surface area contributed by atoms with Crippen LogP contribution in [0, 0.1) is 5.92 Å². The summed E-state index contributed by atoms with van der Waals surface area (Å²) >= 11 is 0. The van der Waals surface area contributed by atoms with Gasteiger partial charge in [0.05, 0.1) is 7.11 Å². The van der Waals surface area contributed by atoms with E-state index >= 15 is 0 Å². The Morgan fingerprint density at radius 3 is 2.50 bits per heavy atom. The first-order chi connectivity index (χ1) is 7.56. The Morgan fingerprint density at radius 2 is 2.12 bits per heavy atom. The lowest BCUT2D eigenvalue weighted by molar-refractivity contribution is -0.150. The number of nitrogens with one attached hydrogen (secondary N) is 1. The molecule has 1 atom stereocenters. The average molecular weight is 228 g/mol. The number of rotatable bonds is 7. The molecule has 0 aromatic rings. The van der Waals surface area contributed by atoms with E-state index in [-0.39, 0.29) is 5.97 Å². The van der Waals surface area contributed by atoms with Gasteiger partial charge in [-0.15, -0.1) is 0 Å². The van der Waals surface area contributed by atoms with Crippen molar-refractivity contribution >= 4 is 5.97 Å². The van der Waals surface area contributed by atoms with Gasteiger partial charge >= 0.3 is 5.97 Å². The molecule has 0 spiro atoms. The molecule has 0 saturated heterocycles. The summed E-state index contributed by atoms with van der Waals surface area (Å²) < 4.78 is 4.99. The zero-order chi connectivity index (χ0) is 12.2. The van der Waals surface area contributed by atoms with E-state index in [1.807, 2.05) is 14.1 Å². The van der Waals surface area contributed by atoms with Gasteiger partial charge in [-0.1, -0.05) is 6.92 Å². The maximum Gasteiger partial charge on any atom is 0.327 e. The fourth-order valence-corrected chi connectivity index (χ4v) is 2.24. The summed E-state index contributed by atoms with van der Waals surface area (Å²) in [7, 11) is 5.46. The van der Waals surface area contributed by atoms with E-state index in [0.29, 0.717) is 12.5 Å². The van der Waals surface area contributed by atoms with Crippen molar-refractivity contribution in [3.05, 3.63) is 0 Å². The van der Waals surface area contributed by atoms with Crippen LogP contribution in [0.3, 0.4) is 0 Å². The highest BCUT2D eigenvalue weighted by molar-refractivity contribution is 5.82. The summed E-state index contributed by atoms with van der Waals surface area (Å²) in [5.41, 5.74) is -0.492. The molecule has 1 rings (SSSR count). The first-order valence-electron chi connectivity index (χ1n) is 6.05. The summed E-state index contributed by atoms with van der Waals surface area (Å²) in [6, 6.07) is 0. The molecule has 0 aliphatic heterocycles. The number of likely N-dealkylation sites (N-methyl/N-ethyl adjacent to an activating group) is 1. The van der Waals surface area contributed by atoms with Crippen molar-refractivity contribution in [3.8, 4) is 0 Å². The summed E-state index contributed by atoms with van der Waals surface area (Å²) in [4.78, 5) is 14.1. The van der Waals surface area contributed by atoms with Gasteiger partial charge < -0.3 is 15.0 Å². The average Bonchev–Trinajstić information content (AvgIpc) is 3.06. The van der Waals surface area contributed by atoms with Crippen LogP contribution >= 0.6 is 0 Å². The minimum Gasteiger partial charge on any atom is -0.468 e. The minimum atomic E-state index is -0.492. The van der Waals surface area contributed by atoms with Crippen molar-refractivity contribution in [1.29, 1.82) is 0 Å². The molecular formula is C12H24N2O2. The van der Waals surface area contributed by atoms with Gasteiger partial charge in [-0.3, -0.25) is 0 Å². The highest BCUT2D eigenvalue weighted by Gasteiger charge is 2.51. The van der Waals surface area contributed by atoms with Crippen LogP contribution in [0.25, 0.3) is 0 Å². The molecule has 94 valence electrons. The Bertz CT molecular complexity index is 239. The first-order valence-corrected chi connectivity index (χ1v) is 6.05. The Morgan fingerprint density at radius 1 is 1.50 bits per heavy atom. The SMILES string of the molecule is CCCNC(CN(C)C)(C(=O)OC)C1CC1. The zero-order valence-corrected chi connectivity index (χ0v) is 10.9. The third-order valence-corrected chi connectivity index (χ3v) is 3.08. The molecule has 0 aromatic carbocycles. The van der Waals surface area contributed by atoms with Crippen LogP contribution in [0.1, 0.15) is 26.2 Å². The van der Waals surface area contributed by atoms with Crippen LogP contribution in [-0.2, 0) is 9.53 Å². The Balaban J connectivity index is 2.80. The molecule has 0 bridgehead atoms. The van der Waals surface area contributed by atoms with E-state index in [1.54, 1.807) is 0 Å². The van der Waals surface area contributed by atoms with Crippen LogP contribution < -0.4 is 5.32 Å². The third-order valence-electron chi connectivity index (χ3n) is 3.08. The molecular weight excluding hydrogens is 204 g/mol. The van der Waals surface area contributed by atoms with E-state index in [2.05, 4.69) is 17.1 Å². The highest BCUT2D eigenvalue weighted by Crippen LogP contribution is 2.40. The zero-order valence-electron chi connectivity index (χ0n) is 10.9. The van der Waals surface area contributed by atoms with Crippen molar-refractivity contribution < 1.29 is 9.53 Å². The lowest BCUT2D eigenvalue weighted by Crippen LogP contribution is -2.60. The van der Waals surface area contributed by atoms with E-state index in [4.69, 9.17) is 4.74 Å². The normalized spacial score (nSPS) is 19.6. The number of ether oxygens (including phenoxy) is 1. The maximum absolute atomic E-state index is 12.0. The number of nitrogens with zero attached hydrogens (tertiary/aromatic N) is 1. The topological polar surface area (TPSA) is 41.6 Å². The number of methoxy groups -OCH3 is 1. The van der Waals surface area contributed by atoms with Crippen molar-refractivity contribution in [1.82, 2.24) is 10.2 Å². The maximum atomic E-state index is 12.0.